The molecule has 2 aromatic rings. The Bertz CT molecular complexity index is 702. The standard InChI is InChI=1S/C17H18BrNO3/c1-10-16(21-12-6-7-19-15(20)9-12)13-8-11(18)4-5-14(13)22-17(10,2)3/h4-10,16H,1-3H3,(H,19,20). The molecule has 0 saturated heterocycles. The summed E-state index contributed by atoms with van der Waals surface area (Å²) < 4.78 is 13.3. The maximum Gasteiger partial charge on any atom is 0.214 e. The number of pyridine rings is 1. The molecule has 22 heavy (non-hydrogen) atoms. The molecule has 2 heterocycles. The summed E-state index contributed by atoms with van der Waals surface area (Å²) in [4.78, 5) is 3.78. The van der Waals surface area contributed by atoms with E-state index >= 15 is 0 Å². The van der Waals surface area contributed by atoms with Gasteiger partial charge in [-0.25, -0.2) is 4.98 Å². The fourth-order valence-electron chi connectivity index (χ4n) is 2.63. The summed E-state index contributed by atoms with van der Waals surface area (Å²) in [5.74, 6) is 1.50. The molecule has 3 rings (SSSR count). The van der Waals surface area contributed by atoms with Crippen LogP contribution in [0, 0.1) is 5.92 Å². The molecular weight excluding hydrogens is 346 g/mol. The molecular formula is C17H18BrNO3. The van der Waals surface area contributed by atoms with Gasteiger partial charge in [0.25, 0.3) is 0 Å². The quantitative estimate of drug-likeness (QED) is 0.854. The fraction of sp³-hybridized carbons (Fsp3) is 0.353. The van der Waals surface area contributed by atoms with Gasteiger partial charge in [0, 0.05) is 28.2 Å². The number of aromatic hydroxyl groups is 1. The minimum absolute atomic E-state index is 0.0501. The van der Waals surface area contributed by atoms with Gasteiger partial charge in [0.2, 0.25) is 5.88 Å². The molecule has 0 aliphatic carbocycles. The van der Waals surface area contributed by atoms with Crippen molar-refractivity contribution in [3.05, 3.63) is 46.6 Å². The molecule has 116 valence electrons. The molecule has 1 N–H and O–H groups in total. The fourth-order valence-corrected chi connectivity index (χ4v) is 3.01. The summed E-state index contributed by atoms with van der Waals surface area (Å²) in [5, 5.41) is 9.53. The smallest absolute Gasteiger partial charge is 0.214 e. The van der Waals surface area contributed by atoms with E-state index in [-0.39, 0.29) is 23.5 Å². The highest BCUT2D eigenvalue weighted by molar-refractivity contribution is 9.10. The average molecular weight is 364 g/mol. The van der Waals surface area contributed by atoms with Gasteiger partial charge in [-0.15, -0.1) is 0 Å². The van der Waals surface area contributed by atoms with Crippen molar-refractivity contribution in [1.82, 2.24) is 4.98 Å². The molecule has 0 spiro atoms. The van der Waals surface area contributed by atoms with Crippen LogP contribution in [0.25, 0.3) is 0 Å². The van der Waals surface area contributed by atoms with Crippen LogP contribution < -0.4 is 9.47 Å². The summed E-state index contributed by atoms with van der Waals surface area (Å²) in [5.41, 5.74) is 0.651. The van der Waals surface area contributed by atoms with Gasteiger partial charge in [0.15, 0.2) is 0 Å². The van der Waals surface area contributed by atoms with E-state index in [9.17, 15) is 5.11 Å². The lowest BCUT2D eigenvalue weighted by molar-refractivity contribution is -0.0344. The van der Waals surface area contributed by atoms with E-state index in [1.54, 1.807) is 6.07 Å². The summed E-state index contributed by atoms with van der Waals surface area (Å²) >= 11 is 3.50. The maximum atomic E-state index is 9.53. The Morgan fingerprint density at radius 3 is 2.77 bits per heavy atom. The number of ether oxygens (including phenoxy) is 2. The lowest BCUT2D eigenvalue weighted by Crippen LogP contribution is -2.44. The number of rotatable bonds is 2. The Morgan fingerprint density at radius 1 is 1.27 bits per heavy atom. The first kappa shape index (κ1) is 15.2. The van der Waals surface area contributed by atoms with Crippen molar-refractivity contribution in [2.45, 2.75) is 32.5 Å². The van der Waals surface area contributed by atoms with Crippen LogP contribution in [0.4, 0.5) is 0 Å². The van der Waals surface area contributed by atoms with Gasteiger partial charge in [-0.3, -0.25) is 0 Å². The second kappa shape index (κ2) is 5.47. The lowest BCUT2D eigenvalue weighted by atomic mass is 9.81. The van der Waals surface area contributed by atoms with Gasteiger partial charge >= 0.3 is 0 Å². The van der Waals surface area contributed by atoms with Gasteiger partial charge in [-0.05, 0) is 38.1 Å². The normalized spacial score (nSPS) is 22.5. The van der Waals surface area contributed by atoms with Crippen LogP contribution in [0.2, 0.25) is 0 Å². The Kier molecular flexibility index (Phi) is 3.77. The highest BCUT2D eigenvalue weighted by Crippen LogP contribution is 2.46. The first-order valence-corrected chi connectivity index (χ1v) is 7.96. The van der Waals surface area contributed by atoms with Crippen LogP contribution in [0.15, 0.2) is 41.0 Å². The van der Waals surface area contributed by atoms with Gasteiger partial charge in [-0.1, -0.05) is 22.9 Å². The first-order chi connectivity index (χ1) is 10.4. The third-order valence-corrected chi connectivity index (χ3v) is 4.68. The maximum absolute atomic E-state index is 9.53. The largest absolute Gasteiger partial charge is 0.493 e. The predicted molar refractivity (Wildman–Crippen MR) is 87.3 cm³/mol. The van der Waals surface area contributed by atoms with Crippen molar-refractivity contribution in [1.29, 1.82) is 0 Å². The molecule has 1 aromatic carbocycles. The van der Waals surface area contributed by atoms with Gasteiger partial charge in [0.1, 0.15) is 23.2 Å². The van der Waals surface area contributed by atoms with Gasteiger partial charge < -0.3 is 14.6 Å². The monoisotopic (exact) mass is 363 g/mol. The van der Waals surface area contributed by atoms with Crippen molar-refractivity contribution in [2.24, 2.45) is 5.92 Å². The van der Waals surface area contributed by atoms with Crippen molar-refractivity contribution in [3.8, 4) is 17.4 Å². The van der Waals surface area contributed by atoms with Crippen LogP contribution >= 0.6 is 15.9 Å². The Balaban J connectivity index is 2.02. The van der Waals surface area contributed by atoms with Crippen molar-refractivity contribution < 1.29 is 14.6 Å². The zero-order valence-electron chi connectivity index (χ0n) is 12.7. The summed E-state index contributed by atoms with van der Waals surface area (Å²) in [6.45, 7) is 6.22. The number of halogens is 1. The van der Waals surface area contributed by atoms with Crippen LogP contribution in [-0.2, 0) is 0 Å². The Morgan fingerprint density at radius 2 is 2.05 bits per heavy atom. The number of hydrogen-bond acceptors (Lipinski definition) is 4. The molecule has 0 amide bonds. The SMILES string of the molecule is CC1C(Oc2ccnc(O)c2)c2cc(Br)ccc2OC1(C)C. The Labute approximate surface area is 138 Å². The molecule has 2 atom stereocenters. The third-order valence-electron chi connectivity index (χ3n) is 4.18. The summed E-state index contributed by atoms with van der Waals surface area (Å²) in [7, 11) is 0. The van der Waals surface area contributed by atoms with Crippen LogP contribution in [0.5, 0.6) is 17.4 Å². The van der Waals surface area contributed by atoms with Gasteiger partial charge in [-0.2, -0.15) is 0 Å². The van der Waals surface area contributed by atoms with Crippen molar-refractivity contribution in [2.75, 3.05) is 0 Å². The second-order valence-electron chi connectivity index (χ2n) is 6.06. The van der Waals surface area contributed by atoms with Crippen LogP contribution in [0.1, 0.15) is 32.4 Å². The second-order valence-corrected chi connectivity index (χ2v) is 6.98. The minimum Gasteiger partial charge on any atom is -0.493 e. The Hall–Kier alpha value is -1.75. The highest BCUT2D eigenvalue weighted by atomic mass is 79.9. The van der Waals surface area contributed by atoms with Gasteiger partial charge in [0.05, 0.1) is 0 Å². The molecule has 4 nitrogen and oxygen atoms in total. The minimum atomic E-state index is -0.347. The number of hydrogen-bond donors (Lipinski definition) is 1. The molecule has 0 radical (unpaired) electrons. The number of fused-ring (bicyclic) bond motifs is 1. The molecule has 2 unspecified atom stereocenters. The zero-order valence-corrected chi connectivity index (χ0v) is 14.3. The van der Waals surface area contributed by atoms with Crippen molar-refractivity contribution in [3.63, 3.8) is 0 Å². The topological polar surface area (TPSA) is 51.6 Å². The molecule has 0 saturated carbocycles. The summed E-state index contributed by atoms with van der Waals surface area (Å²) in [6.07, 6.45) is 1.36. The van der Waals surface area contributed by atoms with E-state index < -0.39 is 0 Å². The summed E-state index contributed by atoms with van der Waals surface area (Å²) in [6, 6.07) is 9.19. The molecule has 0 bridgehead atoms. The third kappa shape index (κ3) is 2.77. The predicted octanol–water partition coefficient (Wildman–Crippen LogP) is 4.48. The van der Waals surface area contributed by atoms with E-state index in [2.05, 4.69) is 41.7 Å². The van der Waals surface area contributed by atoms with E-state index in [0.717, 1.165) is 15.8 Å². The van der Waals surface area contributed by atoms with E-state index in [4.69, 9.17) is 9.47 Å². The molecule has 5 heteroatoms. The van der Waals surface area contributed by atoms with E-state index in [1.807, 2.05) is 18.2 Å². The van der Waals surface area contributed by atoms with E-state index in [1.165, 1.54) is 12.3 Å². The molecule has 1 aliphatic rings. The first-order valence-electron chi connectivity index (χ1n) is 7.17. The number of aromatic nitrogens is 1. The highest BCUT2D eigenvalue weighted by Gasteiger charge is 2.42. The zero-order chi connectivity index (χ0) is 15.9. The molecule has 0 fully saturated rings. The van der Waals surface area contributed by atoms with Crippen LogP contribution in [0.3, 0.4) is 0 Å². The number of nitrogens with zero attached hydrogens (tertiary/aromatic N) is 1. The van der Waals surface area contributed by atoms with Crippen LogP contribution in [-0.4, -0.2) is 15.7 Å². The average Bonchev–Trinajstić information content (AvgIpc) is 2.45. The van der Waals surface area contributed by atoms with Crippen molar-refractivity contribution >= 4 is 15.9 Å². The molecule has 1 aliphatic heterocycles. The molecule has 1 aromatic heterocycles. The van der Waals surface area contributed by atoms with E-state index in [0.29, 0.717) is 5.75 Å². The lowest BCUT2D eigenvalue weighted by Gasteiger charge is -2.43. The number of benzene rings is 1.